The fraction of sp³-hybridized carbons (Fsp3) is 0.500. The third kappa shape index (κ3) is 6.02. The van der Waals surface area contributed by atoms with Crippen molar-refractivity contribution in [3.63, 3.8) is 0 Å². The Morgan fingerprint density at radius 1 is 1.40 bits per heavy atom. The van der Waals surface area contributed by atoms with Gasteiger partial charge in [0, 0.05) is 6.20 Å². The summed E-state index contributed by atoms with van der Waals surface area (Å²) in [6, 6.07) is 3.18. The molecule has 0 aliphatic carbocycles. The van der Waals surface area contributed by atoms with E-state index in [0.29, 0.717) is 10.8 Å². The van der Waals surface area contributed by atoms with Crippen LogP contribution >= 0.6 is 11.6 Å². The molecule has 1 aromatic rings. The van der Waals surface area contributed by atoms with Crippen LogP contribution in [0.15, 0.2) is 18.3 Å². The normalized spacial score (nSPS) is 12.7. The Labute approximate surface area is 123 Å². The number of hydrogen-bond acceptors (Lipinski definition) is 4. The van der Waals surface area contributed by atoms with E-state index in [2.05, 4.69) is 10.3 Å². The number of hydrogen-bond donors (Lipinski definition) is 1. The standard InChI is InChI=1S/C14H19ClN2O3/c1-9(20-12(18)7-14(2,3)4)13(19)17-11-6-5-10(15)8-16-11/h5-6,8-9H,7H2,1-4H3,(H,16,17,19)/t9-/m1/s1. The van der Waals surface area contributed by atoms with Gasteiger partial charge in [-0.15, -0.1) is 0 Å². The summed E-state index contributed by atoms with van der Waals surface area (Å²) >= 11 is 5.70. The first kappa shape index (κ1) is 16.4. The molecule has 0 aliphatic rings. The molecule has 1 amide bonds. The van der Waals surface area contributed by atoms with Gasteiger partial charge in [-0.3, -0.25) is 9.59 Å². The predicted octanol–water partition coefficient (Wildman–Crippen LogP) is 3.04. The van der Waals surface area contributed by atoms with Gasteiger partial charge in [0.25, 0.3) is 5.91 Å². The van der Waals surface area contributed by atoms with E-state index in [1.165, 1.54) is 13.1 Å². The lowest BCUT2D eigenvalue weighted by molar-refractivity contribution is -0.154. The maximum atomic E-state index is 11.8. The molecule has 20 heavy (non-hydrogen) atoms. The molecule has 0 aromatic carbocycles. The van der Waals surface area contributed by atoms with Crippen LogP contribution in [-0.2, 0) is 14.3 Å². The summed E-state index contributed by atoms with van der Waals surface area (Å²) in [5.41, 5.74) is -0.176. The maximum Gasteiger partial charge on any atom is 0.307 e. The average Bonchev–Trinajstić information content (AvgIpc) is 2.29. The van der Waals surface area contributed by atoms with E-state index in [1.807, 2.05) is 20.8 Å². The molecule has 1 N–H and O–H groups in total. The molecule has 0 saturated heterocycles. The van der Waals surface area contributed by atoms with Crippen molar-refractivity contribution in [3.8, 4) is 0 Å². The zero-order valence-electron chi connectivity index (χ0n) is 12.1. The third-order valence-corrected chi connectivity index (χ3v) is 2.55. The van der Waals surface area contributed by atoms with Crippen LogP contribution in [0, 0.1) is 5.41 Å². The highest BCUT2D eigenvalue weighted by Gasteiger charge is 2.22. The monoisotopic (exact) mass is 298 g/mol. The molecule has 5 nitrogen and oxygen atoms in total. The number of anilines is 1. The van der Waals surface area contributed by atoms with Crippen LogP contribution in [-0.4, -0.2) is 23.0 Å². The molecule has 0 radical (unpaired) electrons. The van der Waals surface area contributed by atoms with Gasteiger partial charge in [-0.1, -0.05) is 32.4 Å². The molecule has 110 valence electrons. The minimum absolute atomic E-state index is 0.176. The predicted molar refractivity (Wildman–Crippen MR) is 77.5 cm³/mol. The lowest BCUT2D eigenvalue weighted by Crippen LogP contribution is -2.31. The van der Waals surface area contributed by atoms with Crippen molar-refractivity contribution in [1.29, 1.82) is 0 Å². The molecular formula is C14H19ClN2O3. The van der Waals surface area contributed by atoms with E-state index in [9.17, 15) is 9.59 Å². The summed E-state index contributed by atoms with van der Waals surface area (Å²) in [5, 5.41) is 3.03. The minimum Gasteiger partial charge on any atom is -0.453 e. The molecule has 1 heterocycles. The number of halogens is 1. The first-order valence-electron chi connectivity index (χ1n) is 6.29. The van der Waals surface area contributed by atoms with Gasteiger partial charge in [-0.25, -0.2) is 4.98 Å². The van der Waals surface area contributed by atoms with E-state index in [4.69, 9.17) is 16.3 Å². The van der Waals surface area contributed by atoms with Crippen LogP contribution in [0.4, 0.5) is 5.82 Å². The summed E-state index contributed by atoms with van der Waals surface area (Å²) in [6.07, 6.45) is 0.805. The van der Waals surface area contributed by atoms with Crippen molar-refractivity contribution >= 4 is 29.3 Å². The van der Waals surface area contributed by atoms with Crippen LogP contribution in [0.1, 0.15) is 34.1 Å². The lowest BCUT2D eigenvalue weighted by atomic mass is 9.92. The van der Waals surface area contributed by atoms with E-state index in [0.717, 1.165) is 0 Å². The van der Waals surface area contributed by atoms with Gasteiger partial charge in [0.1, 0.15) is 5.82 Å². The van der Waals surface area contributed by atoms with Gasteiger partial charge in [0.15, 0.2) is 6.10 Å². The number of aromatic nitrogens is 1. The molecule has 0 fully saturated rings. The first-order chi connectivity index (χ1) is 9.17. The molecular weight excluding hydrogens is 280 g/mol. The number of carbonyl (C=O) groups is 2. The van der Waals surface area contributed by atoms with Crippen LogP contribution in [0.25, 0.3) is 0 Å². The number of nitrogens with one attached hydrogen (secondary N) is 1. The second-order valence-corrected chi connectivity index (χ2v) is 6.16. The van der Waals surface area contributed by atoms with Gasteiger partial charge < -0.3 is 10.1 Å². The Morgan fingerprint density at radius 3 is 2.55 bits per heavy atom. The Balaban J connectivity index is 2.51. The number of amides is 1. The quantitative estimate of drug-likeness (QED) is 0.868. The number of pyridine rings is 1. The van der Waals surface area contributed by atoms with Crippen LogP contribution in [0.5, 0.6) is 0 Å². The molecule has 1 rings (SSSR count). The van der Waals surface area contributed by atoms with E-state index in [1.54, 1.807) is 12.1 Å². The molecule has 0 spiro atoms. The zero-order valence-corrected chi connectivity index (χ0v) is 12.8. The number of esters is 1. The molecule has 0 bridgehead atoms. The Morgan fingerprint density at radius 2 is 2.05 bits per heavy atom. The van der Waals surface area contributed by atoms with Gasteiger partial charge in [0.2, 0.25) is 0 Å². The van der Waals surface area contributed by atoms with Gasteiger partial charge in [0.05, 0.1) is 11.4 Å². The summed E-state index contributed by atoms with van der Waals surface area (Å²) in [4.78, 5) is 27.4. The molecule has 0 saturated carbocycles. The van der Waals surface area contributed by atoms with E-state index >= 15 is 0 Å². The van der Waals surface area contributed by atoms with Crippen molar-refractivity contribution in [3.05, 3.63) is 23.4 Å². The van der Waals surface area contributed by atoms with Gasteiger partial charge >= 0.3 is 5.97 Å². The summed E-state index contributed by atoms with van der Waals surface area (Å²) < 4.78 is 5.08. The van der Waals surface area contributed by atoms with Crippen LogP contribution < -0.4 is 5.32 Å². The number of carbonyl (C=O) groups excluding carboxylic acids is 2. The number of rotatable bonds is 4. The van der Waals surface area contributed by atoms with Crippen LogP contribution in [0.2, 0.25) is 5.02 Å². The second kappa shape index (κ2) is 6.70. The topological polar surface area (TPSA) is 68.3 Å². The second-order valence-electron chi connectivity index (χ2n) is 5.72. The number of ether oxygens (including phenoxy) is 1. The molecule has 1 aromatic heterocycles. The molecule has 6 heteroatoms. The molecule has 0 aliphatic heterocycles. The fourth-order valence-electron chi connectivity index (χ4n) is 1.40. The third-order valence-electron chi connectivity index (χ3n) is 2.33. The van der Waals surface area contributed by atoms with Gasteiger partial charge in [-0.05, 0) is 24.5 Å². The molecule has 0 unspecified atom stereocenters. The summed E-state index contributed by atoms with van der Waals surface area (Å²) in [6.45, 7) is 7.30. The largest absolute Gasteiger partial charge is 0.453 e. The highest BCUT2D eigenvalue weighted by atomic mass is 35.5. The SMILES string of the molecule is C[C@@H](OC(=O)CC(C)(C)C)C(=O)Nc1ccc(Cl)cn1. The van der Waals surface area contributed by atoms with E-state index < -0.39 is 18.0 Å². The van der Waals surface area contributed by atoms with Gasteiger partial charge in [-0.2, -0.15) is 0 Å². The number of nitrogens with zero attached hydrogens (tertiary/aromatic N) is 1. The van der Waals surface area contributed by atoms with Crippen molar-refractivity contribution < 1.29 is 14.3 Å². The maximum absolute atomic E-state index is 11.8. The zero-order chi connectivity index (χ0) is 15.3. The Hall–Kier alpha value is -1.62. The highest BCUT2D eigenvalue weighted by Crippen LogP contribution is 2.19. The summed E-state index contributed by atoms with van der Waals surface area (Å²) in [5.74, 6) is -0.468. The highest BCUT2D eigenvalue weighted by molar-refractivity contribution is 6.30. The van der Waals surface area contributed by atoms with Crippen LogP contribution in [0.3, 0.4) is 0 Å². The minimum atomic E-state index is -0.873. The average molecular weight is 299 g/mol. The Kier molecular flexibility index (Phi) is 5.51. The Bertz CT molecular complexity index is 480. The molecule has 1 atom stereocenters. The van der Waals surface area contributed by atoms with Crippen molar-refractivity contribution in [2.24, 2.45) is 5.41 Å². The van der Waals surface area contributed by atoms with Crippen molar-refractivity contribution in [2.75, 3.05) is 5.32 Å². The van der Waals surface area contributed by atoms with E-state index in [-0.39, 0.29) is 11.8 Å². The first-order valence-corrected chi connectivity index (χ1v) is 6.67. The summed E-state index contributed by atoms with van der Waals surface area (Å²) in [7, 11) is 0. The lowest BCUT2D eigenvalue weighted by Gasteiger charge is -2.19. The fourth-order valence-corrected chi connectivity index (χ4v) is 1.51. The van der Waals surface area contributed by atoms with Crippen molar-refractivity contribution in [1.82, 2.24) is 4.98 Å². The smallest absolute Gasteiger partial charge is 0.307 e. The van der Waals surface area contributed by atoms with Crippen molar-refractivity contribution in [2.45, 2.75) is 40.2 Å².